The predicted molar refractivity (Wildman–Crippen MR) is 172 cm³/mol. The Hall–Kier alpha value is -3.27. The van der Waals surface area contributed by atoms with Crippen molar-refractivity contribution in [2.24, 2.45) is 11.8 Å². The second-order valence-electron chi connectivity index (χ2n) is 12.6. The largest absolute Gasteiger partial charge is 0.443 e. The van der Waals surface area contributed by atoms with Crippen molar-refractivity contribution < 1.29 is 36.9 Å². The van der Waals surface area contributed by atoms with Crippen LogP contribution >= 0.6 is 0 Å². The molecular formula is C32H45N5O8S. The number of nitrogens with one attached hydrogen (secondary N) is 2. The van der Waals surface area contributed by atoms with E-state index in [1.54, 1.807) is 6.07 Å². The molecule has 2 saturated heterocycles. The molecule has 0 spiro atoms. The molecule has 3 N–H and O–H groups in total. The smallest absolute Gasteiger partial charge is 0.407 e. The predicted octanol–water partition coefficient (Wildman–Crippen LogP) is 2.91. The summed E-state index contributed by atoms with van der Waals surface area (Å²) in [4.78, 5) is 19.5. The van der Waals surface area contributed by atoms with Gasteiger partial charge in [-0.05, 0) is 50.6 Å². The van der Waals surface area contributed by atoms with Crippen LogP contribution < -0.4 is 10.6 Å². The van der Waals surface area contributed by atoms with Crippen molar-refractivity contribution in [3.05, 3.63) is 54.1 Å². The fraction of sp³-hybridized carbons (Fsp3) is 0.562. The summed E-state index contributed by atoms with van der Waals surface area (Å²) < 4.78 is 52.0. The third kappa shape index (κ3) is 8.55. The molecule has 1 aromatic heterocycles. The van der Waals surface area contributed by atoms with Crippen LogP contribution in [0.5, 0.6) is 0 Å². The van der Waals surface area contributed by atoms with Gasteiger partial charge in [0, 0.05) is 32.2 Å². The number of likely N-dealkylation sites (N-methyl/N-ethyl adjacent to an activating group) is 1. The van der Waals surface area contributed by atoms with Gasteiger partial charge in [-0.2, -0.15) is 9.29 Å². The maximum atomic E-state index is 14.0. The van der Waals surface area contributed by atoms with Crippen LogP contribution in [0.3, 0.4) is 0 Å². The van der Waals surface area contributed by atoms with Crippen molar-refractivity contribution in [3.63, 3.8) is 0 Å². The number of sulfonamides is 1. The van der Waals surface area contributed by atoms with Crippen molar-refractivity contribution in [1.29, 1.82) is 0 Å². The first-order chi connectivity index (χ1) is 22.0. The molecule has 3 aromatic rings. The second kappa shape index (κ2) is 15.1. The second-order valence-corrected chi connectivity index (χ2v) is 14.5. The van der Waals surface area contributed by atoms with E-state index in [-0.39, 0.29) is 49.1 Å². The molecule has 0 radical (unpaired) electrons. The van der Waals surface area contributed by atoms with E-state index in [2.05, 4.69) is 15.6 Å². The Morgan fingerprint density at radius 2 is 1.91 bits per heavy atom. The molecule has 5 atom stereocenters. The van der Waals surface area contributed by atoms with Crippen molar-refractivity contribution in [1.82, 2.24) is 19.5 Å². The molecule has 0 unspecified atom stereocenters. The Balaban J connectivity index is 1.33. The molecule has 2 aliphatic heterocycles. The number of oxazole rings is 1. The fourth-order valence-corrected chi connectivity index (χ4v) is 7.35. The maximum absolute atomic E-state index is 14.0. The molecule has 5 rings (SSSR count). The van der Waals surface area contributed by atoms with E-state index in [9.17, 15) is 18.3 Å². The highest BCUT2D eigenvalue weighted by atomic mass is 32.2. The Kier molecular flexibility index (Phi) is 11.2. The quantitative estimate of drug-likeness (QED) is 0.221. The zero-order chi connectivity index (χ0) is 32.8. The van der Waals surface area contributed by atoms with E-state index >= 15 is 0 Å². The molecular weight excluding hydrogens is 614 g/mol. The molecule has 3 heterocycles. The van der Waals surface area contributed by atoms with E-state index in [0.29, 0.717) is 30.3 Å². The van der Waals surface area contributed by atoms with Gasteiger partial charge in [-0.15, -0.1) is 0 Å². The van der Waals surface area contributed by atoms with Crippen LogP contribution in [-0.4, -0.2) is 112 Å². The molecule has 1 amide bonds. The number of ether oxygens (including phenoxy) is 3. The summed E-state index contributed by atoms with van der Waals surface area (Å²) in [6, 6.07) is 13.4. The Morgan fingerprint density at radius 3 is 2.65 bits per heavy atom. The van der Waals surface area contributed by atoms with E-state index in [1.807, 2.05) is 63.2 Å². The molecule has 2 aromatic carbocycles. The SMILES string of the molecule is CC(C)CN(C[C@@H](O)[C@H](Cc1ccccc1)NC(=O)O[C@H]1CO[C@H]2OCC[C@H]21)S(=O)(=O)c1ccc2nc(NCCN(C)C)oc2c1. The number of benzene rings is 2. The number of aliphatic hydroxyl groups excluding tert-OH is 1. The number of fused-ring (bicyclic) bond motifs is 2. The van der Waals surface area contributed by atoms with Gasteiger partial charge in [0.25, 0.3) is 6.01 Å². The molecule has 14 heteroatoms. The summed E-state index contributed by atoms with van der Waals surface area (Å²) in [6.07, 6.45) is -1.81. The van der Waals surface area contributed by atoms with Crippen molar-refractivity contribution in [2.75, 3.05) is 58.8 Å². The highest BCUT2D eigenvalue weighted by Crippen LogP contribution is 2.33. The number of hydrogen-bond acceptors (Lipinski definition) is 11. The van der Waals surface area contributed by atoms with Crippen LogP contribution in [0, 0.1) is 11.8 Å². The number of anilines is 1. The summed E-state index contributed by atoms with van der Waals surface area (Å²) in [6.45, 7) is 5.87. The lowest BCUT2D eigenvalue weighted by atomic mass is 10.0. The van der Waals surface area contributed by atoms with Crippen LogP contribution in [0.4, 0.5) is 10.8 Å². The minimum absolute atomic E-state index is 0.0189. The number of alkyl carbamates (subject to hydrolysis) is 1. The van der Waals surface area contributed by atoms with Gasteiger partial charge in [0.15, 0.2) is 11.9 Å². The number of carbonyl (C=O) groups is 1. The Morgan fingerprint density at radius 1 is 1.13 bits per heavy atom. The van der Waals surface area contributed by atoms with E-state index in [4.69, 9.17) is 18.6 Å². The lowest BCUT2D eigenvalue weighted by Crippen LogP contribution is -2.51. The van der Waals surface area contributed by atoms with Crippen LogP contribution in [0.2, 0.25) is 0 Å². The van der Waals surface area contributed by atoms with E-state index in [0.717, 1.165) is 18.5 Å². The summed E-state index contributed by atoms with van der Waals surface area (Å²) in [5.74, 6) is -0.0838. The molecule has 2 aliphatic rings. The standard InChI is InChI=1S/C32H45N5O8S/c1-21(2)18-37(46(40,41)23-10-11-25-28(17-23)44-31(34-25)33-13-14-36(3)4)19-27(38)26(16-22-8-6-5-7-9-22)35-32(39)45-29-20-43-30-24(29)12-15-42-30/h5-11,17,21,24,26-27,29-30,38H,12-16,18-20H2,1-4H3,(H,33,34)(H,35,39)/t24-,26-,27+,29-,30+/m0/s1. The molecule has 13 nitrogen and oxygen atoms in total. The summed E-state index contributed by atoms with van der Waals surface area (Å²) in [5, 5.41) is 17.5. The zero-order valence-corrected chi connectivity index (χ0v) is 27.6. The monoisotopic (exact) mass is 659 g/mol. The Labute approximate surface area is 270 Å². The summed E-state index contributed by atoms with van der Waals surface area (Å²) in [7, 11) is -0.160. The van der Waals surface area contributed by atoms with Gasteiger partial charge in [-0.1, -0.05) is 44.2 Å². The van der Waals surface area contributed by atoms with Gasteiger partial charge >= 0.3 is 6.09 Å². The van der Waals surface area contributed by atoms with Gasteiger partial charge in [0.1, 0.15) is 11.6 Å². The van der Waals surface area contributed by atoms with Crippen LogP contribution in [0.25, 0.3) is 11.1 Å². The Bertz CT molecular complexity index is 1550. The van der Waals surface area contributed by atoms with Gasteiger partial charge in [-0.25, -0.2) is 13.2 Å². The number of amides is 1. The third-order valence-electron chi connectivity index (χ3n) is 8.10. The molecule has 0 saturated carbocycles. The summed E-state index contributed by atoms with van der Waals surface area (Å²) >= 11 is 0. The van der Waals surface area contributed by atoms with E-state index < -0.39 is 34.4 Å². The van der Waals surface area contributed by atoms with Gasteiger partial charge in [0.05, 0.1) is 36.2 Å². The lowest BCUT2D eigenvalue weighted by molar-refractivity contribution is -0.0907. The number of hydrogen-bond donors (Lipinski definition) is 3. The van der Waals surface area contributed by atoms with Crippen LogP contribution in [0.15, 0.2) is 57.8 Å². The van der Waals surface area contributed by atoms with Crippen LogP contribution in [0.1, 0.15) is 25.8 Å². The number of aromatic nitrogens is 1. The molecule has 0 bridgehead atoms. The van der Waals surface area contributed by atoms with Gasteiger partial charge in [-0.3, -0.25) is 0 Å². The number of nitrogens with zero attached hydrogens (tertiary/aromatic N) is 3. The minimum Gasteiger partial charge on any atom is -0.443 e. The topological polar surface area (TPSA) is 156 Å². The highest BCUT2D eigenvalue weighted by Gasteiger charge is 2.44. The number of aliphatic hydroxyl groups is 1. The highest BCUT2D eigenvalue weighted by molar-refractivity contribution is 7.89. The normalized spacial score (nSPS) is 21.2. The first-order valence-corrected chi connectivity index (χ1v) is 17.2. The third-order valence-corrected chi connectivity index (χ3v) is 9.93. The number of carbonyl (C=O) groups excluding carboxylic acids is 1. The first kappa shape index (κ1) is 34.1. The van der Waals surface area contributed by atoms with Gasteiger partial charge < -0.3 is 39.3 Å². The van der Waals surface area contributed by atoms with Crippen molar-refractivity contribution in [3.8, 4) is 0 Å². The average molecular weight is 660 g/mol. The minimum atomic E-state index is -4.08. The first-order valence-electron chi connectivity index (χ1n) is 15.7. The molecule has 0 aliphatic carbocycles. The molecule has 46 heavy (non-hydrogen) atoms. The van der Waals surface area contributed by atoms with Gasteiger partial charge in [0.2, 0.25) is 10.0 Å². The maximum Gasteiger partial charge on any atom is 0.407 e. The number of rotatable bonds is 15. The van der Waals surface area contributed by atoms with E-state index in [1.165, 1.54) is 16.4 Å². The average Bonchev–Trinajstić information content (AvgIpc) is 3.73. The zero-order valence-electron chi connectivity index (χ0n) is 26.8. The van der Waals surface area contributed by atoms with Crippen molar-refractivity contribution >= 4 is 33.2 Å². The molecule has 252 valence electrons. The molecule has 2 fully saturated rings. The summed E-state index contributed by atoms with van der Waals surface area (Å²) in [5.41, 5.74) is 1.72. The van der Waals surface area contributed by atoms with Crippen LogP contribution in [-0.2, 0) is 30.7 Å². The lowest BCUT2D eigenvalue weighted by Gasteiger charge is -2.31. The van der Waals surface area contributed by atoms with Crippen molar-refractivity contribution in [2.45, 2.75) is 56.1 Å². The fourth-order valence-electron chi connectivity index (χ4n) is 5.71.